The van der Waals surface area contributed by atoms with E-state index < -0.39 is 0 Å². The molecule has 15 heavy (non-hydrogen) atoms. The van der Waals surface area contributed by atoms with Gasteiger partial charge in [0, 0.05) is 12.8 Å². The molecule has 2 saturated heterocycles. The van der Waals surface area contributed by atoms with Crippen molar-refractivity contribution < 1.29 is 9.47 Å². The number of hydrogen-bond donors (Lipinski definition) is 0. The van der Waals surface area contributed by atoms with Gasteiger partial charge in [0.25, 0.3) is 0 Å². The smallest absolute Gasteiger partial charge is 0.169 e. The Morgan fingerprint density at radius 1 is 0.933 bits per heavy atom. The van der Waals surface area contributed by atoms with E-state index in [-0.39, 0.29) is 5.79 Å². The summed E-state index contributed by atoms with van der Waals surface area (Å²) in [6, 6.07) is 0. The third-order valence-electron chi connectivity index (χ3n) is 3.84. The second-order valence-corrected chi connectivity index (χ2v) is 4.99. The molecule has 88 valence electrons. The van der Waals surface area contributed by atoms with Crippen molar-refractivity contribution in [1.29, 1.82) is 0 Å². The third-order valence-corrected chi connectivity index (χ3v) is 3.84. The van der Waals surface area contributed by atoms with Crippen molar-refractivity contribution in [2.75, 3.05) is 0 Å². The molecule has 0 aromatic carbocycles. The van der Waals surface area contributed by atoms with Crippen molar-refractivity contribution in [3.05, 3.63) is 0 Å². The van der Waals surface area contributed by atoms with E-state index in [0.29, 0.717) is 12.2 Å². The van der Waals surface area contributed by atoms with Gasteiger partial charge in [-0.25, -0.2) is 0 Å². The summed E-state index contributed by atoms with van der Waals surface area (Å²) in [5, 5.41) is 0. The molecule has 3 atom stereocenters. The summed E-state index contributed by atoms with van der Waals surface area (Å²) in [5.41, 5.74) is 0. The predicted molar refractivity (Wildman–Crippen MR) is 60.8 cm³/mol. The zero-order valence-corrected chi connectivity index (χ0v) is 10.1. The van der Waals surface area contributed by atoms with E-state index in [4.69, 9.17) is 9.47 Å². The highest BCUT2D eigenvalue weighted by Gasteiger charge is 2.41. The van der Waals surface area contributed by atoms with Crippen LogP contribution in [0.2, 0.25) is 0 Å². The standard InChI is InChI=1S/C13H24O2/c1-3-11-7-5-9-13(14-11)10-6-8-12(4-2)15-13/h11-12H,3-10H2,1-2H3/t11-,12?,13?/m0/s1. The molecule has 0 bridgehead atoms. The molecule has 0 aliphatic carbocycles. The van der Waals surface area contributed by atoms with E-state index in [1.54, 1.807) is 0 Å². The van der Waals surface area contributed by atoms with Crippen molar-refractivity contribution in [1.82, 2.24) is 0 Å². The Balaban J connectivity index is 1.98. The summed E-state index contributed by atoms with van der Waals surface area (Å²) in [6.45, 7) is 4.42. The highest BCUT2D eigenvalue weighted by Crippen LogP contribution is 2.40. The van der Waals surface area contributed by atoms with Gasteiger partial charge in [-0.05, 0) is 38.5 Å². The summed E-state index contributed by atoms with van der Waals surface area (Å²) >= 11 is 0. The topological polar surface area (TPSA) is 18.5 Å². The first-order valence-corrected chi connectivity index (χ1v) is 6.63. The van der Waals surface area contributed by atoms with E-state index in [1.807, 2.05) is 0 Å². The van der Waals surface area contributed by atoms with Crippen LogP contribution in [0.15, 0.2) is 0 Å². The van der Waals surface area contributed by atoms with Gasteiger partial charge >= 0.3 is 0 Å². The van der Waals surface area contributed by atoms with Crippen LogP contribution >= 0.6 is 0 Å². The molecule has 0 aromatic heterocycles. The molecular weight excluding hydrogens is 188 g/mol. The molecule has 2 rings (SSSR count). The fraction of sp³-hybridized carbons (Fsp3) is 1.00. The second-order valence-electron chi connectivity index (χ2n) is 4.99. The van der Waals surface area contributed by atoms with Crippen molar-refractivity contribution in [2.24, 2.45) is 0 Å². The van der Waals surface area contributed by atoms with Crippen molar-refractivity contribution in [3.8, 4) is 0 Å². The van der Waals surface area contributed by atoms with Crippen molar-refractivity contribution >= 4 is 0 Å². The lowest BCUT2D eigenvalue weighted by Crippen LogP contribution is -2.47. The Morgan fingerprint density at radius 2 is 1.40 bits per heavy atom. The zero-order valence-electron chi connectivity index (χ0n) is 10.1. The first-order valence-electron chi connectivity index (χ1n) is 6.63. The quantitative estimate of drug-likeness (QED) is 0.695. The van der Waals surface area contributed by atoms with E-state index in [2.05, 4.69) is 13.8 Å². The van der Waals surface area contributed by atoms with Crippen LogP contribution in [-0.2, 0) is 9.47 Å². The van der Waals surface area contributed by atoms with E-state index in [1.165, 1.54) is 25.7 Å². The lowest BCUT2D eigenvalue weighted by Gasteiger charge is -2.45. The summed E-state index contributed by atoms with van der Waals surface area (Å²) in [4.78, 5) is 0. The Kier molecular flexibility index (Phi) is 3.68. The lowest BCUT2D eigenvalue weighted by molar-refractivity contribution is -0.314. The number of rotatable bonds is 2. The maximum absolute atomic E-state index is 6.17. The summed E-state index contributed by atoms with van der Waals surface area (Å²) < 4.78 is 12.3. The summed E-state index contributed by atoms with van der Waals surface area (Å²) in [7, 11) is 0. The molecule has 2 heterocycles. The summed E-state index contributed by atoms with van der Waals surface area (Å²) in [5.74, 6) is -0.197. The predicted octanol–water partition coefficient (Wildman–Crippen LogP) is 3.64. The fourth-order valence-corrected chi connectivity index (χ4v) is 2.89. The molecule has 0 amide bonds. The molecule has 2 fully saturated rings. The van der Waals surface area contributed by atoms with Crippen LogP contribution in [0.4, 0.5) is 0 Å². The van der Waals surface area contributed by atoms with E-state index in [9.17, 15) is 0 Å². The maximum atomic E-state index is 6.17. The average molecular weight is 212 g/mol. The van der Waals surface area contributed by atoms with Crippen LogP contribution in [0.25, 0.3) is 0 Å². The third kappa shape index (κ3) is 2.54. The largest absolute Gasteiger partial charge is 0.347 e. The molecule has 0 saturated carbocycles. The molecule has 2 nitrogen and oxygen atoms in total. The molecule has 2 heteroatoms. The minimum atomic E-state index is -0.197. The lowest BCUT2D eigenvalue weighted by atomic mass is 9.92. The van der Waals surface area contributed by atoms with Crippen LogP contribution in [-0.4, -0.2) is 18.0 Å². The van der Waals surface area contributed by atoms with Gasteiger partial charge in [-0.2, -0.15) is 0 Å². The van der Waals surface area contributed by atoms with Crippen LogP contribution in [0.1, 0.15) is 65.2 Å². The van der Waals surface area contributed by atoms with E-state index in [0.717, 1.165) is 25.7 Å². The maximum Gasteiger partial charge on any atom is 0.169 e. The van der Waals surface area contributed by atoms with Crippen LogP contribution in [0.3, 0.4) is 0 Å². The second kappa shape index (κ2) is 4.84. The SMILES string of the molecule is CCC1CCCC2(CCC[C@H](CC)O2)O1. The van der Waals surface area contributed by atoms with Crippen LogP contribution < -0.4 is 0 Å². The Labute approximate surface area is 93.3 Å². The molecular formula is C13H24O2. The monoisotopic (exact) mass is 212 g/mol. The molecule has 0 aromatic rings. The van der Waals surface area contributed by atoms with Gasteiger partial charge in [0.2, 0.25) is 0 Å². The molecule has 2 unspecified atom stereocenters. The fourth-order valence-electron chi connectivity index (χ4n) is 2.89. The number of hydrogen-bond acceptors (Lipinski definition) is 2. The minimum absolute atomic E-state index is 0.197. The molecule has 1 spiro atoms. The highest BCUT2D eigenvalue weighted by molar-refractivity contribution is 4.83. The minimum Gasteiger partial charge on any atom is -0.347 e. The zero-order chi connectivity index (χ0) is 10.7. The average Bonchev–Trinajstić information content (AvgIpc) is 2.29. The van der Waals surface area contributed by atoms with Gasteiger partial charge in [-0.1, -0.05) is 13.8 Å². The van der Waals surface area contributed by atoms with Crippen LogP contribution in [0.5, 0.6) is 0 Å². The van der Waals surface area contributed by atoms with Crippen LogP contribution in [0, 0.1) is 0 Å². The van der Waals surface area contributed by atoms with Gasteiger partial charge in [-0.15, -0.1) is 0 Å². The molecule has 2 aliphatic rings. The van der Waals surface area contributed by atoms with Crippen molar-refractivity contribution in [3.63, 3.8) is 0 Å². The van der Waals surface area contributed by atoms with Gasteiger partial charge in [0.15, 0.2) is 5.79 Å². The van der Waals surface area contributed by atoms with Gasteiger partial charge < -0.3 is 9.47 Å². The Morgan fingerprint density at radius 3 is 1.80 bits per heavy atom. The Hall–Kier alpha value is -0.0800. The normalized spacial score (nSPS) is 42.0. The molecule has 0 N–H and O–H groups in total. The summed E-state index contributed by atoms with van der Waals surface area (Å²) in [6.07, 6.45) is 10.3. The van der Waals surface area contributed by atoms with E-state index >= 15 is 0 Å². The highest BCUT2D eigenvalue weighted by atomic mass is 16.7. The van der Waals surface area contributed by atoms with Gasteiger partial charge in [0.1, 0.15) is 0 Å². The first-order chi connectivity index (χ1) is 7.28. The Bertz CT molecular complexity index is 181. The first kappa shape index (κ1) is 11.4. The van der Waals surface area contributed by atoms with Crippen molar-refractivity contribution in [2.45, 2.75) is 83.2 Å². The molecule has 0 radical (unpaired) electrons. The van der Waals surface area contributed by atoms with Gasteiger partial charge in [0.05, 0.1) is 12.2 Å². The molecule has 2 aliphatic heterocycles. The number of ether oxygens (including phenoxy) is 2. The van der Waals surface area contributed by atoms with Gasteiger partial charge in [-0.3, -0.25) is 0 Å².